The van der Waals surface area contributed by atoms with Crippen LogP contribution in [0.5, 0.6) is 0 Å². The summed E-state index contributed by atoms with van der Waals surface area (Å²) in [5.41, 5.74) is 4.10. The van der Waals surface area contributed by atoms with Crippen LogP contribution in [0.15, 0.2) is 41.2 Å². The van der Waals surface area contributed by atoms with Gasteiger partial charge < -0.3 is 14.8 Å². The summed E-state index contributed by atoms with van der Waals surface area (Å²) in [5, 5.41) is 21.0. The van der Waals surface area contributed by atoms with Crippen LogP contribution in [0, 0.1) is 6.92 Å². The molecule has 0 spiro atoms. The van der Waals surface area contributed by atoms with Gasteiger partial charge >= 0.3 is 0 Å². The number of para-hydroxylation sites is 1. The molecule has 122 valence electrons. The molecule has 1 aromatic carbocycles. The summed E-state index contributed by atoms with van der Waals surface area (Å²) in [6, 6.07) is 11.7. The third-order valence-corrected chi connectivity index (χ3v) is 4.73. The van der Waals surface area contributed by atoms with Crippen molar-refractivity contribution >= 4 is 10.9 Å². The summed E-state index contributed by atoms with van der Waals surface area (Å²) in [5.74, 6) is 0. The third kappa shape index (κ3) is 2.09. The zero-order valence-electron chi connectivity index (χ0n) is 13.5. The van der Waals surface area contributed by atoms with Crippen LogP contribution >= 0.6 is 0 Å². The highest BCUT2D eigenvalue weighted by molar-refractivity contribution is 5.83. The number of aromatic nitrogens is 2. The van der Waals surface area contributed by atoms with Crippen LogP contribution in [0.2, 0.25) is 0 Å². The second-order valence-corrected chi connectivity index (χ2v) is 6.38. The molecule has 2 aromatic heterocycles. The van der Waals surface area contributed by atoms with E-state index in [4.69, 9.17) is 4.98 Å². The topological polar surface area (TPSA) is 75.3 Å². The molecular formula is C19H18N2O3. The van der Waals surface area contributed by atoms with E-state index in [1.165, 1.54) is 6.92 Å². The molecule has 0 aliphatic carbocycles. The molecule has 0 bridgehead atoms. The van der Waals surface area contributed by atoms with Crippen molar-refractivity contribution in [2.24, 2.45) is 0 Å². The number of hydrogen-bond donors (Lipinski definition) is 2. The van der Waals surface area contributed by atoms with Gasteiger partial charge in [0.1, 0.15) is 6.10 Å². The Morgan fingerprint density at radius 1 is 1.21 bits per heavy atom. The van der Waals surface area contributed by atoms with Gasteiger partial charge in [-0.1, -0.05) is 18.2 Å². The molecule has 3 aromatic rings. The minimum Gasteiger partial charge on any atom is -0.390 e. The minimum atomic E-state index is -1.09. The number of nitrogens with zero attached hydrogens (tertiary/aromatic N) is 2. The van der Waals surface area contributed by atoms with Gasteiger partial charge in [0.25, 0.3) is 5.56 Å². The fourth-order valence-electron chi connectivity index (χ4n) is 3.36. The molecule has 1 aliphatic heterocycles. The lowest BCUT2D eigenvalue weighted by Crippen LogP contribution is -2.26. The number of benzene rings is 1. The van der Waals surface area contributed by atoms with E-state index >= 15 is 0 Å². The number of rotatable bonds is 2. The molecule has 5 heteroatoms. The summed E-state index contributed by atoms with van der Waals surface area (Å²) in [6.07, 6.45) is -2.04. The SMILES string of the molecule is Cc1c(C(O)C(C)O)cc2n(c1=O)Cc1cc3ccccc3nc1-2. The van der Waals surface area contributed by atoms with Gasteiger partial charge in [0, 0.05) is 16.5 Å². The lowest BCUT2D eigenvalue weighted by Gasteiger charge is -2.18. The molecule has 24 heavy (non-hydrogen) atoms. The van der Waals surface area contributed by atoms with Gasteiger partial charge in [-0.2, -0.15) is 0 Å². The standard InChI is InChI=1S/C19H18N2O3/c1-10-14(18(23)11(2)22)8-16-17-13(9-21(16)19(10)24)7-12-5-3-4-6-15(12)20-17/h3-8,11,18,22-23H,9H2,1-2H3. The highest BCUT2D eigenvalue weighted by Gasteiger charge is 2.27. The predicted octanol–water partition coefficient (Wildman–Crippen LogP) is 2.15. The molecule has 4 rings (SSSR count). The monoisotopic (exact) mass is 322 g/mol. The first kappa shape index (κ1) is 15.1. The molecule has 2 atom stereocenters. The van der Waals surface area contributed by atoms with E-state index in [9.17, 15) is 15.0 Å². The smallest absolute Gasteiger partial charge is 0.254 e. The Labute approximate surface area is 138 Å². The third-order valence-electron chi connectivity index (χ3n) is 4.73. The molecule has 2 unspecified atom stereocenters. The maximum absolute atomic E-state index is 12.7. The van der Waals surface area contributed by atoms with Crippen molar-refractivity contribution in [3.63, 3.8) is 0 Å². The van der Waals surface area contributed by atoms with Gasteiger partial charge in [-0.3, -0.25) is 4.79 Å². The van der Waals surface area contributed by atoms with Gasteiger partial charge in [0.2, 0.25) is 0 Å². The van der Waals surface area contributed by atoms with Crippen molar-refractivity contribution in [2.75, 3.05) is 0 Å². The van der Waals surface area contributed by atoms with Crippen LogP contribution in [0.1, 0.15) is 29.7 Å². The second-order valence-electron chi connectivity index (χ2n) is 6.38. The highest BCUT2D eigenvalue weighted by atomic mass is 16.3. The molecule has 0 amide bonds. The molecule has 3 heterocycles. The van der Waals surface area contributed by atoms with Gasteiger partial charge in [-0.15, -0.1) is 0 Å². The summed E-state index contributed by atoms with van der Waals surface area (Å²) in [7, 11) is 0. The van der Waals surface area contributed by atoms with Crippen LogP contribution in [-0.2, 0) is 6.54 Å². The number of aliphatic hydroxyl groups is 2. The van der Waals surface area contributed by atoms with Crippen LogP contribution in [0.3, 0.4) is 0 Å². The van der Waals surface area contributed by atoms with Crippen molar-refractivity contribution in [3.05, 3.63) is 63.4 Å². The van der Waals surface area contributed by atoms with E-state index < -0.39 is 12.2 Å². The Balaban J connectivity index is 1.98. The number of pyridine rings is 2. The largest absolute Gasteiger partial charge is 0.390 e. The predicted molar refractivity (Wildman–Crippen MR) is 91.9 cm³/mol. The Morgan fingerprint density at radius 2 is 1.96 bits per heavy atom. The molecule has 0 radical (unpaired) electrons. The van der Waals surface area contributed by atoms with Crippen molar-refractivity contribution in [1.29, 1.82) is 0 Å². The summed E-state index contributed by atoms with van der Waals surface area (Å²) in [4.78, 5) is 17.4. The summed E-state index contributed by atoms with van der Waals surface area (Å²) < 4.78 is 1.68. The molecule has 1 aliphatic rings. The van der Waals surface area contributed by atoms with Gasteiger partial charge in [0.15, 0.2) is 0 Å². The van der Waals surface area contributed by atoms with E-state index in [2.05, 4.69) is 6.07 Å². The van der Waals surface area contributed by atoms with Crippen LogP contribution in [-0.4, -0.2) is 25.9 Å². The Bertz CT molecular complexity index is 1020. The quantitative estimate of drug-likeness (QED) is 0.593. The van der Waals surface area contributed by atoms with Crippen LogP contribution < -0.4 is 5.56 Å². The van der Waals surface area contributed by atoms with Crippen LogP contribution in [0.25, 0.3) is 22.3 Å². The summed E-state index contributed by atoms with van der Waals surface area (Å²) >= 11 is 0. The first-order valence-electron chi connectivity index (χ1n) is 7.97. The van der Waals surface area contributed by atoms with E-state index in [-0.39, 0.29) is 5.56 Å². The van der Waals surface area contributed by atoms with E-state index in [0.717, 1.165) is 22.2 Å². The van der Waals surface area contributed by atoms with Gasteiger partial charge in [-0.25, -0.2) is 4.98 Å². The van der Waals surface area contributed by atoms with E-state index in [1.807, 2.05) is 24.3 Å². The normalized spacial score (nSPS) is 15.2. The van der Waals surface area contributed by atoms with Crippen LogP contribution in [0.4, 0.5) is 0 Å². The number of hydrogen-bond acceptors (Lipinski definition) is 4. The fraction of sp³-hybridized carbons (Fsp3) is 0.263. The Hall–Kier alpha value is -2.50. The average molecular weight is 322 g/mol. The maximum Gasteiger partial charge on any atom is 0.254 e. The second kappa shape index (κ2) is 5.26. The lowest BCUT2D eigenvalue weighted by molar-refractivity contribution is 0.0300. The molecule has 0 saturated heterocycles. The maximum atomic E-state index is 12.7. The van der Waals surface area contributed by atoms with Gasteiger partial charge in [0.05, 0.1) is 29.6 Å². The Kier molecular flexibility index (Phi) is 3.30. The molecule has 0 fully saturated rings. The Morgan fingerprint density at radius 3 is 2.71 bits per heavy atom. The first-order chi connectivity index (χ1) is 11.5. The highest BCUT2D eigenvalue weighted by Crippen LogP contribution is 2.33. The van der Waals surface area contributed by atoms with Crippen molar-refractivity contribution in [2.45, 2.75) is 32.6 Å². The molecule has 2 N–H and O–H groups in total. The average Bonchev–Trinajstić information content (AvgIpc) is 2.93. The zero-order valence-corrected chi connectivity index (χ0v) is 13.5. The zero-order chi connectivity index (χ0) is 17.0. The molecule has 0 saturated carbocycles. The number of aliphatic hydroxyl groups excluding tert-OH is 2. The van der Waals surface area contributed by atoms with E-state index in [0.29, 0.717) is 23.4 Å². The van der Waals surface area contributed by atoms with Crippen molar-refractivity contribution in [3.8, 4) is 11.4 Å². The minimum absolute atomic E-state index is 0.149. The fourth-order valence-corrected chi connectivity index (χ4v) is 3.36. The first-order valence-corrected chi connectivity index (χ1v) is 7.97. The van der Waals surface area contributed by atoms with E-state index in [1.54, 1.807) is 17.6 Å². The van der Waals surface area contributed by atoms with Crippen molar-refractivity contribution < 1.29 is 10.2 Å². The summed E-state index contributed by atoms with van der Waals surface area (Å²) in [6.45, 7) is 3.67. The number of fused-ring (bicyclic) bond motifs is 4. The van der Waals surface area contributed by atoms with Gasteiger partial charge in [-0.05, 0) is 37.6 Å². The molecule has 5 nitrogen and oxygen atoms in total. The van der Waals surface area contributed by atoms with Crippen molar-refractivity contribution in [1.82, 2.24) is 9.55 Å². The molecular weight excluding hydrogens is 304 g/mol. The lowest BCUT2D eigenvalue weighted by atomic mass is 10.00.